The predicted octanol–water partition coefficient (Wildman–Crippen LogP) is 1.77. The summed E-state index contributed by atoms with van der Waals surface area (Å²) in [5.41, 5.74) is 0.0499. The van der Waals surface area contributed by atoms with Gasteiger partial charge in [0.25, 0.3) is 0 Å². The summed E-state index contributed by atoms with van der Waals surface area (Å²) in [6.07, 6.45) is 2.67. The maximum atomic E-state index is 11.1. The van der Waals surface area contributed by atoms with E-state index >= 15 is 0 Å². The Hall–Kier alpha value is -2.76. The second-order valence-electron chi connectivity index (χ2n) is 3.48. The normalized spacial score (nSPS) is 10.4. The minimum absolute atomic E-state index is 0.183. The highest BCUT2D eigenvalue weighted by atomic mass is 16.5. The first-order chi connectivity index (χ1) is 8.81. The molecule has 0 aliphatic heterocycles. The Morgan fingerprint density at radius 3 is 2.67 bits per heavy atom. The second kappa shape index (κ2) is 4.25. The third-order valence-corrected chi connectivity index (χ3v) is 2.27. The van der Waals surface area contributed by atoms with Gasteiger partial charge in [-0.2, -0.15) is 9.97 Å². The molecule has 0 aliphatic rings. The van der Waals surface area contributed by atoms with Crippen molar-refractivity contribution in [1.29, 1.82) is 0 Å². The fourth-order valence-electron chi connectivity index (χ4n) is 1.49. The van der Waals surface area contributed by atoms with Crippen LogP contribution in [0.1, 0.15) is 0 Å². The number of nitrogens with zero attached hydrogens (tertiary/aromatic N) is 3. The minimum Gasteiger partial charge on any atom is -0.424 e. The average molecular weight is 241 g/mol. The Kier molecular flexibility index (Phi) is 2.45. The molecule has 6 heteroatoms. The largest absolute Gasteiger partial charge is 0.424 e. The lowest BCUT2D eigenvalue weighted by Crippen LogP contribution is -1.95. The molecule has 88 valence electrons. The van der Waals surface area contributed by atoms with Gasteiger partial charge in [-0.05, 0) is 18.2 Å². The molecule has 2 heterocycles. The number of aromatic nitrogens is 3. The van der Waals surface area contributed by atoms with Crippen LogP contribution in [-0.2, 0) is 0 Å². The molecule has 0 saturated carbocycles. The molecule has 6 nitrogen and oxygen atoms in total. The van der Waals surface area contributed by atoms with Crippen molar-refractivity contribution in [2.24, 2.45) is 0 Å². The first kappa shape index (κ1) is 10.4. The summed E-state index contributed by atoms with van der Waals surface area (Å²) in [4.78, 5) is 22.5. The molecule has 0 spiro atoms. The molecule has 3 aromatic rings. The topological polar surface area (TPSA) is 78.1 Å². The zero-order chi connectivity index (χ0) is 12.4. The smallest absolute Gasteiger partial charge is 0.336 e. The van der Waals surface area contributed by atoms with Crippen molar-refractivity contribution >= 4 is 11.0 Å². The molecule has 0 radical (unpaired) electrons. The SMILES string of the molecule is O=c1ccc2ccc(Oc3ncncn3)cc2o1. The Balaban J connectivity index is 2.00. The lowest BCUT2D eigenvalue weighted by atomic mass is 10.2. The molecular formula is C12H7N3O3. The Bertz CT molecular complexity index is 740. The summed E-state index contributed by atoms with van der Waals surface area (Å²) in [6.45, 7) is 0. The molecule has 1 aromatic carbocycles. The number of ether oxygens (including phenoxy) is 1. The van der Waals surface area contributed by atoms with Gasteiger partial charge in [-0.3, -0.25) is 0 Å². The number of fused-ring (bicyclic) bond motifs is 1. The monoisotopic (exact) mass is 241 g/mol. The standard InChI is InChI=1S/C12H7N3O3/c16-11-4-2-8-1-3-9(5-10(8)18-11)17-12-14-6-13-7-15-12/h1-7H. The maximum absolute atomic E-state index is 11.1. The number of hydrogen-bond donors (Lipinski definition) is 0. The summed E-state index contributed by atoms with van der Waals surface area (Å²) in [5, 5.41) is 0.817. The van der Waals surface area contributed by atoms with Crippen molar-refractivity contribution in [3.63, 3.8) is 0 Å². The highest BCUT2D eigenvalue weighted by Gasteiger charge is 2.03. The highest BCUT2D eigenvalue weighted by Crippen LogP contribution is 2.22. The summed E-state index contributed by atoms with van der Waals surface area (Å²) in [7, 11) is 0. The number of benzene rings is 1. The lowest BCUT2D eigenvalue weighted by molar-refractivity contribution is 0.438. The quantitative estimate of drug-likeness (QED) is 0.636. The van der Waals surface area contributed by atoms with Gasteiger partial charge in [0.15, 0.2) is 0 Å². The van der Waals surface area contributed by atoms with Gasteiger partial charge in [-0.25, -0.2) is 9.78 Å². The van der Waals surface area contributed by atoms with Crippen LogP contribution in [0.2, 0.25) is 0 Å². The molecule has 0 saturated heterocycles. The van der Waals surface area contributed by atoms with Gasteiger partial charge in [0.2, 0.25) is 0 Å². The van der Waals surface area contributed by atoms with E-state index in [1.807, 2.05) is 0 Å². The molecular weight excluding hydrogens is 234 g/mol. The van der Waals surface area contributed by atoms with Gasteiger partial charge in [0.05, 0.1) is 0 Å². The van der Waals surface area contributed by atoms with E-state index in [4.69, 9.17) is 9.15 Å². The van der Waals surface area contributed by atoms with Gasteiger partial charge >= 0.3 is 11.6 Å². The highest BCUT2D eigenvalue weighted by molar-refractivity contribution is 5.77. The zero-order valence-corrected chi connectivity index (χ0v) is 9.11. The van der Waals surface area contributed by atoms with Crippen LogP contribution in [0.15, 0.2) is 52.2 Å². The summed E-state index contributed by atoms with van der Waals surface area (Å²) >= 11 is 0. The summed E-state index contributed by atoms with van der Waals surface area (Å²) < 4.78 is 10.5. The van der Waals surface area contributed by atoms with Crippen LogP contribution in [0.5, 0.6) is 11.8 Å². The van der Waals surface area contributed by atoms with Crippen LogP contribution < -0.4 is 10.4 Å². The maximum Gasteiger partial charge on any atom is 0.336 e. The van der Waals surface area contributed by atoms with Crippen molar-refractivity contribution in [1.82, 2.24) is 15.0 Å². The number of rotatable bonds is 2. The first-order valence-electron chi connectivity index (χ1n) is 5.15. The molecule has 2 aromatic heterocycles. The fourth-order valence-corrected chi connectivity index (χ4v) is 1.49. The fraction of sp³-hybridized carbons (Fsp3) is 0. The summed E-state index contributed by atoms with van der Waals surface area (Å²) in [6, 6.07) is 8.38. The Labute approximate surface area is 101 Å². The van der Waals surface area contributed by atoms with Gasteiger partial charge in [0.1, 0.15) is 24.0 Å². The molecule has 0 N–H and O–H groups in total. The molecule has 3 rings (SSSR count). The second-order valence-corrected chi connectivity index (χ2v) is 3.48. The van der Waals surface area contributed by atoms with Gasteiger partial charge < -0.3 is 9.15 Å². The van der Waals surface area contributed by atoms with Crippen LogP contribution in [0.3, 0.4) is 0 Å². The van der Waals surface area contributed by atoms with Crippen LogP contribution in [0.25, 0.3) is 11.0 Å². The van der Waals surface area contributed by atoms with E-state index in [-0.39, 0.29) is 6.01 Å². The molecule has 0 bridgehead atoms. The average Bonchev–Trinajstić information content (AvgIpc) is 2.39. The summed E-state index contributed by atoms with van der Waals surface area (Å²) in [5.74, 6) is 0.489. The van der Waals surface area contributed by atoms with E-state index in [0.717, 1.165) is 5.39 Å². The molecule has 0 unspecified atom stereocenters. The predicted molar refractivity (Wildman–Crippen MR) is 62.4 cm³/mol. The third-order valence-electron chi connectivity index (χ3n) is 2.27. The van der Waals surface area contributed by atoms with Crippen LogP contribution in [0, 0.1) is 0 Å². The molecule has 0 amide bonds. The molecule has 0 aliphatic carbocycles. The van der Waals surface area contributed by atoms with Crippen molar-refractivity contribution in [3.8, 4) is 11.8 Å². The van der Waals surface area contributed by atoms with Gasteiger partial charge in [-0.1, -0.05) is 0 Å². The Morgan fingerprint density at radius 1 is 1.06 bits per heavy atom. The first-order valence-corrected chi connectivity index (χ1v) is 5.15. The van der Waals surface area contributed by atoms with Crippen LogP contribution in [-0.4, -0.2) is 15.0 Å². The number of hydrogen-bond acceptors (Lipinski definition) is 6. The van der Waals surface area contributed by atoms with Gasteiger partial charge in [0, 0.05) is 17.5 Å². The van der Waals surface area contributed by atoms with Crippen molar-refractivity contribution in [2.45, 2.75) is 0 Å². The lowest BCUT2D eigenvalue weighted by Gasteiger charge is -2.03. The molecule has 0 fully saturated rings. The van der Waals surface area contributed by atoms with E-state index in [9.17, 15) is 4.79 Å². The van der Waals surface area contributed by atoms with E-state index in [1.54, 1.807) is 24.3 Å². The van der Waals surface area contributed by atoms with E-state index in [1.165, 1.54) is 18.7 Å². The van der Waals surface area contributed by atoms with Crippen molar-refractivity contribution < 1.29 is 9.15 Å². The van der Waals surface area contributed by atoms with Crippen molar-refractivity contribution in [2.75, 3.05) is 0 Å². The van der Waals surface area contributed by atoms with E-state index in [0.29, 0.717) is 11.3 Å². The van der Waals surface area contributed by atoms with Gasteiger partial charge in [-0.15, -0.1) is 0 Å². The molecule has 18 heavy (non-hydrogen) atoms. The zero-order valence-electron chi connectivity index (χ0n) is 9.11. The van der Waals surface area contributed by atoms with E-state index in [2.05, 4.69) is 15.0 Å². The molecule has 0 atom stereocenters. The Morgan fingerprint density at radius 2 is 1.83 bits per heavy atom. The van der Waals surface area contributed by atoms with Crippen LogP contribution >= 0.6 is 0 Å². The van der Waals surface area contributed by atoms with Crippen molar-refractivity contribution in [3.05, 3.63) is 53.4 Å². The van der Waals surface area contributed by atoms with E-state index < -0.39 is 5.63 Å². The minimum atomic E-state index is -0.403. The third kappa shape index (κ3) is 2.03. The van der Waals surface area contributed by atoms with Crippen LogP contribution in [0.4, 0.5) is 0 Å².